The molecule has 0 bridgehead atoms. The van der Waals surface area contributed by atoms with Crippen molar-refractivity contribution < 1.29 is 18.3 Å². The molecular formula is C25H27FN4O3. The van der Waals surface area contributed by atoms with Crippen LogP contribution in [0.3, 0.4) is 0 Å². The molecule has 1 aromatic heterocycles. The first-order valence-electron chi connectivity index (χ1n) is 11.2. The Labute approximate surface area is 192 Å². The molecule has 3 heterocycles. The summed E-state index contributed by atoms with van der Waals surface area (Å²) in [6, 6.07) is 16.1. The van der Waals surface area contributed by atoms with Gasteiger partial charge >= 0.3 is 0 Å². The number of hydrogen-bond donors (Lipinski definition) is 0. The average Bonchev–Trinajstić information content (AvgIpc) is 3.42. The lowest BCUT2D eigenvalue weighted by molar-refractivity contribution is -0.136. The van der Waals surface area contributed by atoms with Crippen LogP contribution in [0.5, 0.6) is 5.75 Å². The monoisotopic (exact) mass is 450 g/mol. The van der Waals surface area contributed by atoms with Crippen LogP contribution in [-0.4, -0.2) is 58.7 Å². The summed E-state index contributed by atoms with van der Waals surface area (Å²) in [6.45, 7) is 5.46. The van der Waals surface area contributed by atoms with Gasteiger partial charge in [0.1, 0.15) is 11.6 Å². The van der Waals surface area contributed by atoms with E-state index in [2.05, 4.69) is 39.4 Å². The maximum Gasteiger partial charge on any atom is 0.260 e. The number of hydrogen-bond acceptors (Lipinski definition) is 6. The largest absolute Gasteiger partial charge is 0.484 e. The van der Waals surface area contributed by atoms with Crippen molar-refractivity contribution in [2.45, 2.75) is 25.3 Å². The fraction of sp³-hybridized carbons (Fsp3) is 0.400. The number of nitrogens with zero attached hydrogens (tertiary/aromatic N) is 4. The summed E-state index contributed by atoms with van der Waals surface area (Å²) in [5.74, 6) is 1.49. The van der Waals surface area contributed by atoms with Crippen molar-refractivity contribution in [1.29, 1.82) is 0 Å². The molecule has 2 aromatic carbocycles. The van der Waals surface area contributed by atoms with Gasteiger partial charge in [-0.25, -0.2) is 4.39 Å². The first kappa shape index (κ1) is 21.6. The van der Waals surface area contributed by atoms with Crippen LogP contribution in [0.1, 0.15) is 23.8 Å². The van der Waals surface area contributed by atoms with Gasteiger partial charge in [0.05, 0.1) is 5.41 Å². The Kier molecular flexibility index (Phi) is 5.85. The number of halogens is 1. The number of ether oxygens (including phenoxy) is 1. The second-order valence-corrected chi connectivity index (χ2v) is 8.97. The SMILES string of the molecule is Cc1nnc([C@]23CCN(C(=O)COc4ccc(F)cc4)C[C@H]2CN(Cc2ccccc2)C3)o1. The molecule has 0 saturated carbocycles. The van der Waals surface area contributed by atoms with Crippen molar-refractivity contribution in [1.82, 2.24) is 20.0 Å². The van der Waals surface area contributed by atoms with E-state index in [-0.39, 0.29) is 29.7 Å². The van der Waals surface area contributed by atoms with E-state index in [9.17, 15) is 9.18 Å². The predicted molar refractivity (Wildman–Crippen MR) is 119 cm³/mol. The van der Waals surface area contributed by atoms with E-state index in [0.717, 1.165) is 26.1 Å². The standard InChI is InChI=1S/C25H27FN4O3/c1-18-27-28-24(33-18)25-11-12-30(23(31)16-32-22-9-7-21(26)8-10-22)15-20(25)14-29(17-25)13-19-5-3-2-4-6-19/h2-10,20H,11-17H2,1H3/t20-,25+/m1/s1. The number of carbonyl (C=O) groups excluding carboxylic acids is 1. The molecule has 33 heavy (non-hydrogen) atoms. The van der Waals surface area contributed by atoms with Crippen LogP contribution in [0.15, 0.2) is 59.0 Å². The molecule has 7 nitrogen and oxygen atoms in total. The van der Waals surface area contributed by atoms with Crippen molar-refractivity contribution >= 4 is 5.91 Å². The van der Waals surface area contributed by atoms with E-state index in [0.29, 0.717) is 30.6 Å². The zero-order chi connectivity index (χ0) is 22.8. The van der Waals surface area contributed by atoms with E-state index in [1.807, 2.05) is 17.9 Å². The molecule has 8 heteroatoms. The van der Waals surface area contributed by atoms with E-state index < -0.39 is 0 Å². The third kappa shape index (κ3) is 4.48. The third-order valence-corrected chi connectivity index (χ3v) is 6.76. The van der Waals surface area contributed by atoms with Crippen LogP contribution in [0.25, 0.3) is 0 Å². The van der Waals surface area contributed by atoms with Crippen LogP contribution >= 0.6 is 0 Å². The maximum atomic E-state index is 13.1. The Bertz CT molecular complexity index is 1100. The number of fused-ring (bicyclic) bond motifs is 1. The van der Waals surface area contributed by atoms with Gasteiger partial charge in [-0.1, -0.05) is 30.3 Å². The van der Waals surface area contributed by atoms with Crippen molar-refractivity contribution in [2.75, 3.05) is 32.8 Å². The summed E-state index contributed by atoms with van der Waals surface area (Å²) in [6.07, 6.45) is 0.757. The van der Waals surface area contributed by atoms with E-state index in [4.69, 9.17) is 9.15 Å². The number of likely N-dealkylation sites (tertiary alicyclic amines) is 2. The molecule has 5 rings (SSSR count). The number of piperidine rings is 1. The van der Waals surface area contributed by atoms with Gasteiger partial charge in [-0.15, -0.1) is 10.2 Å². The Morgan fingerprint density at radius 2 is 1.94 bits per heavy atom. The second kappa shape index (κ2) is 8.94. The highest BCUT2D eigenvalue weighted by Crippen LogP contribution is 2.45. The quantitative estimate of drug-likeness (QED) is 0.574. The molecule has 2 saturated heterocycles. The summed E-state index contributed by atoms with van der Waals surface area (Å²) in [5.41, 5.74) is 0.999. The molecule has 2 fully saturated rings. The minimum atomic E-state index is -0.335. The van der Waals surface area contributed by atoms with Crippen LogP contribution in [0.4, 0.5) is 4.39 Å². The lowest BCUT2D eigenvalue weighted by Gasteiger charge is -2.41. The van der Waals surface area contributed by atoms with Gasteiger partial charge in [0, 0.05) is 45.6 Å². The molecule has 2 aliphatic heterocycles. The zero-order valence-electron chi connectivity index (χ0n) is 18.6. The van der Waals surface area contributed by atoms with E-state index >= 15 is 0 Å². The summed E-state index contributed by atoms with van der Waals surface area (Å²) < 4.78 is 24.6. The highest BCUT2D eigenvalue weighted by atomic mass is 19.1. The molecule has 0 unspecified atom stereocenters. The highest BCUT2D eigenvalue weighted by molar-refractivity contribution is 5.78. The van der Waals surface area contributed by atoms with Crippen molar-refractivity contribution in [3.8, 4) is 5.75 Å². The first-order chi connectivity index (χ1) is 16.0. The summed E-state index contributed by atoms with van der Waals surface area (Å²) in [4.78, 5) is 17.2. The fourth-order valence-corrected chi connectivity index (χ4v) is 5.09. The molecule has 0 radical (unpaired) electrons. The minimum absolute atomic E-state index is 0.0707. The smallest absolute Gasteiger partial charge is 0.260 e. The number of amides is 1. The number of rotatable bonds is 6. The molecule has 0 N–H and O–H groups in total. The second-order valence-electron chi connectivity index (χ2n) is 8.97. The van der Waals surface area contributed by atoms with Crippen molar-refractivity contribution in [3.05, 3.63) is 77.8 Å². The first-order valence-corrected chi connectivity index (χ1v) is 11.2. The zero-order valence-corrected chi connectivity index (χ0v) is 18.6. The Morgan fingerprint density at radius 1 is 1.15 bits per heavy atom. The summed E-state index contributed by atoms with van der Waals surface area (Å²) >= 11 is 0. The number of carbonyl (C=O) groups is 1. The van der Waals surface area contributed by atoms with Crippen LogP contribution < -0.4 is 4.74 Å². The van der Waals surface area contributed by atoms with Crippen molar-refractivity contribution in [2.24, 2.45) is 5.92 Å². The molecule has 172 valence electrons. The van der Waals surface area contributed by atoms with Gasteiger partial charge < -0.3 is 14.1 Å². The Balaban J connectivity index is 1.29. The van der Waals surface area contributed by atoms with Gasteiger partial charge in [0.2, 0.25) is 11.8 Å². The topological polar surface area (TPSA) is 71.7 Å². The van der Waals surface area contributed by atoms with Gasteiger partial charge in [0.15, 0.2) is 6.61 Å². The Morgan fingerprint density at radius 3 is 2.67 bits per heavy atom. The van der Waals surface area contributed by atoms with Gasteiger partial charge in [-0.2, -0.15) is 0 Å². The third-order valence-electron chi connectivity index (χ3n) is 6.76. The van der Waals surface area contributed by atoms with Gasteiger partial charge in [-0.05, 0) is 36.2 Å². The molecule has 1 amide bonds. The number of aryl methyl sites for hydroxylation is 1. The number of aromatic nitrogens is 2. The normalized spacial score (nSPS) is 22.8. The average molecular weight is 451 g/mol. The molecule has 0 spiro atoms. The Hall–Kier alpha value is -3.26. The predicted octanol–water partition coefficient (Wildman–Crippen LogP) is 3.20. The summed E-state index contributed by atoms with van der Waals surface area (Å²) in [7, 11) is 0. The van der Waals surface area contributed by atoms with Gasteiger partial charge in [0.25, 0.3) is 5.91 Å². The number of benzene rings is 2. The van der Waals surface area contributed by atoms with Crippen molar-refractivity contribution in [3.63, 3.8) is 0 Å². The summed E-state index contributed by atoms with van der Waals surface area (Å²) in [5, 5.41) is 8.48. The lowest BCUT2D eigenvalue weighted by atomic mass is 9.72. The van der Waals surface area contributed by atoms with E-state index in [1.54, 1.807) is 0 Å². The van der Waals surface area contributed by atoms with Gasteiger partial charge in [-0.3, -0.25) is 9.69 Å². The van der Waals surface area contributed by atoms with Crippen LogP contribution in [0, 0.1) is 18.7 Å². The lowest BCUT2D eigenvalue weighted by Crippen LogP contribution is -2.52. The molecular weight excluding hydrogens is 423 g/mol. The van der Waals surface area contributed by atoms with Crippen LogP contribution in [0.2, 0.25) is 0 Å². The maximum absolute atomic E-state index is 13.1. The molecule has 2 atom stereocenters. The fourth-order valence-electron chi connectivity index (χ4n) is 5.09. The van der Waals surface area contributed by atoms with E-state index in [1.165, 1.54) is 29.8 Å². The molecule has 2 aliphatic rings. The minimum Gasteiger partial charge on any atom is -0.484 e. The molecule has 0 aliphatic carbocycles. The van der Waals surface area contributed by atoms with Crippen LogP contribution in [-0.2, 0) is 16.8 Å². The molecule has 3 aromatic rings. The highest BCUT2D eigenvalue weighted by Gasteiger charge is 2.54.